The van der Waals surface area contributed by atoms with Crippen LogP contribution in [0.4, 0.5) is 4.39 Å². The molecule has 1 amide bonds. The first kappa shape index (κ1) is 16.7. The normalized spacial score (nSPS) is 20.6. The van der Waals surface area contributed by atoms with Gasteiger partial charge in [-0.3, -0.25) is 9.20 Å². The van der Waals surface area contributed by atoms with Crippen molar-refractivity contribution in [3.63, 3.8) is 0 Å². The van der Waals surface area contributed by atoms with Gasteiger partial charge in [-0.25, -0.2) is 9.37 Å². The molecule has 0 saturated heterocycles. The molecule has 26 heavy (non-hydrogen) atoms. The number of imidazole rings is 1. The van der Waals surface area contributed by atoms with Crippen molar-refractivity contribution in [3.05, 3.63) is 71.4 Å². The van der Waals surface area contributed by atoms with Crippen molar-refractivity contribution < 1.29 is 14.3 Å². The molecule has 0 aliphatic heterocycles. The molecule has 134 valence electrons. The molecular formula is C20H20FN3O2. The second kappa shape index (κ2) is 6.53. The number of hydrogen-bond donors (Lipinski definition) is 2. The molecule has 1 saturated carbocycles. The van der Waals surface area contributed by atoms with Gasteiger partial charge in [-0.2, -0.15) is 0 Å². The topological polar surface area (TPSA) is 66.6 Å². The molecule has 0 spiro atoms. The number of fused-ring (bicyclic) bond motifs is 1. The van der Waals surface area contributed by atoms with Crippen LogP contribution in [0, 0.1) is 18.7 Å². The molecule has 2 heterocycles. The third kappa shape index (κ3) is 2.97. The lowest BCUT2D eigenvalue weighted by Crippen LogP contribution is -2.41. The highest BCUT2D eigenvalue weighted by Gasteiger charge is 2.36. The van der Waals surface area contributed by atoms with Crippen LogP contribution in [-0.2, 0) is 0 Å². The maximum Gasteiger partial charge on any atom is 0.270 e. The van der Waals surface area contributed by atoms with E-state index in [1.54, 1.807) is 16.5 Å². The van der Waals surface area contributed by atoms with Gasteiger partial charge >= 0.3 is 0 Å². The standard InChI is InChI=1S/C20H20FN3O2/c1-12-19(24-9-3-2-4-17(24)22-12)20(26)23-18(14-10-16(25)11-14)13-5-7-15(21)8-6-13/h2-9,14,16,18,25H,10-11H2,1H3,(H,23,26). The van der Waals surface area contributed by atoms with Gasteiger partial charge in [0, 0.05) is 6.20 Å². The second-order valence-electron chi connectivity index (χ2n) is 6.86. The fourth-order valence-corrected chi connectivity index (χ4v) is 3.64. The number of aliphatic hydroxyl groups excluding tert-OH is 1. The van der Waals surface area contributed by atoms with E-state index < -0.39 is 0 Å². The first-order valence-electron chi connectivity index (χ1n) is 8.71. The number of benzene rings is 1. The summed E-state index contributed by atoms with van der Waals surface area (Å²) in [6.07, 6.45) is 2.71. The number of nitrogens with zero attached hydrogens (tertiary/aromatic N) is 2. The number of aryl methyl sites for hydroxylation is 1. The van der Waals surface area contributed by atoms with E-state index in [1.165, 1.54) is 12.1 Å². The molecule has 1 aliphatic rings. The Kier molecular flexibility index (Phi) is 4.20. The quantitative estimate of drug-likeness (QED) is 0.758. The van der Waals surface area contributed by atoms with Crippen LogP contribution in [0.15, 0.2) is 48.7 Å². The minimum atomic E-state index is -0.336. The SMILES string of the molecule is Cc1nc2ccccn2c1C(=O)NC(c1ccc(F)cc1)C1CC(O)C1. The maximum atomic E-state index is 13.3. The number of pyridine rings is 1. The number of nitrogens with one attached hydrogen (secondary N) is 1. The van der Waals surface area contributed by atoms with E-state index in [-0.39, 0.29) is 29.8 Å². The first-order chi connectivity index (χ1) is 12.5. The monoisotopic (exact) mass is 353 g/mol. The Morgan fingerprint density at radius 1 is 1.27 bits per heavy atom. The number of carbonyl (C=O) groups excluding carboxylic acids is 1. The fourth-order valence-electron chi connectivity index (χ4n) is 3.64. The summed E-state index contributed by atoms with van der Waals surface area (Å²) in [6, 6.07) is 11.5. The van der Waals surface area contributed by atoms with E-state index in [0.29, 0.717) is 29.9 Å². The maximum absolute atomic E-state index is 13.3. The van der Waals surface area contributed by atoms with Crippen molar-refractivity contribution in [2.75, 3.05) is 0 Å². The lowest BCUT2D eigenvalue weighted by atomic mass is 9.75. The van der Waals surface area contributed by atoms with Crippen LogP contribution in [0.3, 0.4) is 0 Å². The van der Waals surface area contributed by atoms with Crippen molar-refractivity contribution in [1.82, 2.24) is 14.7 Å². The van der Waals surface area contributed by atoms with Gasteiger partial charge in [-0.15, -0.1) is 0 Å². The summed E-state index contributed by atoms with van der Waals surface area (Å²) >= 11 is 0. The van der Waals surface area contributed by atoms with E-state index in [0.717, 1.165) is 5.56 Å². The summed E-state index contributed by atoms with van der Waals surface area (Å²) < 4.78 is 15.0. The molecule has 1 atom stereocenters. The summed E-state index contributed by atoms with van der Waals surface area (Å²) in [5, 5.41) is 12.8. The molecule has 1 aliphatic carbocycles. The number of hydrogen-bond acceptors (Lipinski definition) is 3. The molecule has 0 radical (unpaired) electrons. The number of halogens is 1. The number of aromatic nitrogens is 2. The summed E-state index contributed by atoms with van der Waals surface area (Å²) in [7, 11) is 0. The Hall–Kier alpha value is -2.73. The fraction of sp³-hybridized carbons (Fsp3) is 0.300. The number of aliphatic hydroxyl groups is 1. The third-order valence-electron chi connectivity index (χ3n) is 5.06. The zero-order valence-corrected chi connectivity index (χ0v) is 14.4. The van der Waals surface area contributed by atoms with Gasteiger partial charge in [-0.05, 0) is 55.5 Å². The van der Waals surface area contributed by atoms with E-state index in [9.17, 15) is 14.3 Å². The molecule has 2 N–H and O–H groups in total. The Labute approximate surface area is 150 Å². The van der Waals surface area contributed by atoms with Crippen LogP contribution < -0.4 is 5.32 Å². The highest BCUT2D eigenvalue weighted by molar-refractivity contribution is 5.95. The molecule has 2 aromatic heterocycles. The predicted molar refractivity (Wildman–Crippen MR) is 95.3 cm³/mol. The molecule has 4 rings (SSSR count). The van der Waals surface area contributed by atoms with Crippen molar-refractivity contribution in [2.45, 2.75) is 31.9 Å². The van der Waals surface area contributed by atoms with Crippen molar-refractivity contribution in [3.8, 4) is 0 Å². The van der Waals surface area contributed by atoms with E-state index in [4.69, 9.17) is 0 Å². The molecule has 3 aromatic rings. The van der Waals surface area contributed by atoms with Crippen molar-refractivity contribution in [2.24, 2.45) is 5.92 Å². The van der Waals surface area contributed by atoms with Crippen LogP contribution in [-0.4, -0.2) is 26.5 Å². The van der Waals surface area contributed by atoms with Gasteiger partial charge < -0.3 is 10.4 Å². The van der Waals surface area contributed by atoms with E-state index in [1.807, 2.05) is 31.3 Å². The van der Waals surface area contributed by atoms with Gasteiger partial charge in [-0.1, -0.05) is 18.2 Å². The van der Waals surface area contributed by atoms with Crippen LogP contribution in [0.5, 0.6) is 0 Å². The smallest absolute Gasteiger partial charge is 0.270 e. The van der Waals surface area contributed by atoms with Crippen LogP contribution in [0.1, 0.15) is 40.6 Å². The average Bonchev–Trinajstić information content (AvgIpc) is 2.94. The molecule has 1 unspecified atom stereocenters. The Morgan fingerprint density at radius 3 is 2.69 bits per heavy atom. The van der Waals surface area contributed by atoms with Crippen molar-refractivity contribution in [1.29, 1.82) is 0 Å². The Bertz CT molecular complexity index is 945. The second-order valence-corrected chi connectivity index (χ2v) is 6.86. The summed E-state index contributed by atoms with van der Waals surface area (Å²) in [5.74, 6) is -0.416. The minimum absolute atomic E-state index is 0.124. The Balaban J connectivity index is 1.65. The summed E-state index contributed by atoms with van der Waals surface area (Å²) in [6.45, 7) is 1.81. The lowest BCUT2D eigenvalue weighted by Gasteiger charge is -2.38. The number of rotatable bonds is 4. The zero-order chi connectivity index (χ0) is 18.3. The highest BCUT2D eigenvalue weighted by atomic mass is 19.1. The molecule has 0 bridgehead atoms. The minimum Gasteiger partial charge on any atom is -0.393 e. The highest BCUT2D eigenvalue weighted by Crippen LogP contribution is 2.38. The van der Waals surface area contributed by atoms with Crippen molar-refractivity contribution >= 4 is 11.6 Å². The van der Waals surface area contributed by atoms with Gasteiger partial charge in [0.15, 0.2) is 0 Å². The number of amides is 1. The van der Waals surface area contributed by atoms with Gasteiger partial charge in [0.1, 0.15) is 17.2 Å². The van der Waals surface area contributed by atoms with Gasteiger partial charge in [0.2, 0.25) is 0 Å². The van der Waals surface area contributed by atoms with Crippen LogP contribution >= 0.6 is 0 Å². The van der Waals surface area contributed by atoms with Crippen LogP contribution in [0.25, 0.3) is 5.65 Å². The molecule has 6 heteroatoms. The van der Waals surface area contributed by atoms with E-state index >= 15 is 0 Å². The first-order valence-corrected chi connectivity index (χ1v) is 8.71. The summed E-state index contributed by atoms with van der Waals surface area (Å²) in [5.41, 5.74) is 2.70. The largest absolute Gasteiger partial charge is 0.393 e. The van der Waals surface area contributed by atoms with Gasteiger partial charge in [0.05, 0.1) is 17.8 Å². The number of carbonyl (C=O) groups is 1. The predicted octanol–water partition coefficient (Wildman–Crippen LogP) is 3.02. The molecule has 1 fully saturated rings. The van der Waals surface area contributed by atoms with Crippen LogP contribution in [0.2, 0.25) is 0 Å². The third-order valence-corrected chi connectivity index (χ3v) is 5.06. The lowest BCUT2D eigenvalue weighted by molar-refractivity contribution is 0.0234. The Morgan fingerprint density at radius 2 is 2.00 bits per heavy atom. The molecule has 5 nitrogen and oxygen atoms in total. The molecule has 1 aromatic carbocycles. The molecular weight excluding hydrogens is 333 g/mol. The van der Waals surface area contributed by atoms with Gasteiger partial charge in [0.25, 0.3) is 5.91 Å². The summed E-state index contributed by atoms with van der Waals surface area (Å²) in [4.78, 5) is 17.4. The zero-order valence-electron chi connectivity index (χ0n) is 14.4. The van der Waals surface area contributed by atoms with E-state index in [2.05, 4.69) is 10.3 Å². The average molecular weight is 353 g/mol.